The highest BCUT2D eigenvalue weighted by Crippen LogP contribution is 2.22. The molecule has 8 heteroatoms. The number of carbonyl (C=O) groups is 2. The van der Waals surface area contributed by atoms with Gasteiger partial charge in [-0.05, 0) is 26.0 Å². The maximum atomic E-state index is 12.8. The number of aromatic nitrogens is 1. The first kappa shape index (κ1) is 18.4. The molecule has 1 aromatic rings. The molecule has 2 fully saturated rings. The fraction of sp³-hybridized carbons (Fsp3) is 0.611. The van der Waals surface area contributed by atoms with Gasteiger partial charge in [-0.25, -0.2) is 9.78 Å². The summed E-state index contributed by atoms with van der Waals surface area (Å²) in [6.45, 7) is 7.21. The number of likely N-dealkylation sites (tertiary alicyclic amines) is 1. The zero-order valence-corrected chi connectivity index (χ0v) is 15.3. The second kappa shape index (κ2) is 8.35. The minimum atomic E-state index is -0.168. The molecule has 8 nitrogen and oxygen atoms in total. The van der Waals surface area contributed by atoms with Crippen LogP contribution in [0.15, 0.2) is 18.3 Å². The molecule has 0 radical (unpaired) electrons. The molecular weight excluding hydrogens is 336 g/mol. The van der Waals surface area contributed by atoms with Crippen LogP contribution in [0.2, 0.25) is 0 Å². The van der Waals surface area contributed by atoms with Crippen molar-refractivity contribution in [1.29, 1.82) is 0 Å². The second-order valence-corrected chi connectivity index (χ2v) is 6.84. The van der Waals surface area contributed by atoms with Crippen LogP contribution < -0.4 is 10.1 Å². The maximum Gasteiger partial charge on any atom is 0.317 e. The van der Waals surface area contributed by atoms with Gasteiger partial charge in [-0.2, -0.15) is 0 Å². The van der Waals surface area contributed by atoms with Crippen LogP contribution >= 0.6 is 0 Å². The number of hydrogen-bond acceptors (Lipinski definition) is 5. The van der Waals surface area contributed by atoms with Gasteiger partial charge in [0.05, 0.1) is 19.8 Å². The number of pyridine rings is 1. The number of amides is 3. The Morgan fingerprint density at radius 2 is 2.04 bits per heavy atom. The summed E-state index contributed by atoms with van der Waals surface area (Å²) in [4.78, 5) is 32.6. The molecule has 0 saturated carbocycles. The Morgan fingerprint density at radius 1 is 1.27 bits per heavy atom. The average Bonchev–Trinajstić information content (AvgIpc) is 3.10. The third-order valence-electron chi connectivity index (χ3n) is 4.42. The second-order valence-electron chi connectivity index (χ2n) is 6.84. The summed E-state index contributed by atoms with van der Waals surface area (Å²) in [7, 11) is 0. The monoisotopic (exact) mass is 362 g/mol. The molecule has 2 aliphatic heterocycles. The minimum Gasteiger partial charge on any atom is -0.472 e. The highest BCUT2D eigenvalue weighted by atomic mass is 16.5. The van der Waals surface area contributed by atoms with E-state index in [2.05, 4.69) is 10.3 Å². The van der Waals surface area contributed by atoms with Gasteiger partial charge in [-0.3, -0.25) is 4.79 Å². The molecule has 3 rings (SSSR count). The summed E-state index contributed by atoms with van der Waals surface area (Å²) in [5.41, 5.74) is 0.458. The Balaban J connectivity index is 1.64. The predicted octanol–water partition coefficient (Wildman–Crippen LogP) is 1.13. The summed E-state index contributed by atoms with van der Waals surface area (Å²) >= 11 is 0. The van der Waals surface area contributed by atoms with E-state index in [0.29, 0.717) is 57.3 Å². The third-order valence-corrected chi connectivity index (χ3v) is 4.42. The van der Waals surface area contributed by atoms with Crippen molar-refractivity contribution >= 4 is 11.9 Å². The molecule has 1 N–H and O–H groups in total. The van der Waals surface area contributed by atoms with Crippen molar-refractivity contribution in [2.45, 2.75) is 32.4 Å². The van der Waals surface area contributed by atoms with Crippen molar-refractivity contribution < 1.29 is 19.1 Å². The fourth-order valence-corrected chi connectivity index (χ4v) is 3.09. The van der Waals surface area contributed by atoms with Gasteiger partial charge in [0.1, 0.15) is 11.7 Å². The summed E-state index contributed by atoms with van der Waals surface area (Å²) in [5.74, 6) is 0.240. The van der Waals surface area contributed by atoms with Crippen LogP contribution in [0, 0.1) is 0 Å². The molecule has 0 aromatic carbocycles. The molecule has 2 saturated heterocycles. The van der Waals surface area contributed by atoms with Crippen molar-refractivity contribution in [3.63, 3.8) is 0 Å². The first-order valence-electron chi connectivity index (χ1n) is 9.08. The summed E-state index contributed by atoms with van der Waals surface area (Å²) in [6, 6.07) is 3.48. The predicted molar refractivity (Wildman–Crippen MR) is 95.2 cm³/mol. The number of rotatable bonds is 4. The van der Waals surface area contributed by atoms with E-state index in [1.807, 2.05) is 13.8 Å². The quantitative estimate of drug-likeness (QED) is 0.868. The Hall–Kier alpha value is -2.35. The van der Waals surface area contributed by atoms with E-state index in [0.717, 1.165) is 0 Å². The topological polar surface area (TPSA) is 84.0 Å². The SMILES string of the molecule is CC(C)NC(=O)N1CCC(Oc2ncccc2C(=O)N2CCOCC2)C1. The Kier molecular flexibility index (Phi) is 5.92. The normalized spacial score (nSPS) is 20.3. The smallest absolute Gasteiger partial charge is 0.317 e. The van der Waals surface area contributed by atoms with E-state index in [-0.39, 0.29) is 24.1 Å². The highest BCUT2D eigenvalue weighted by Gasteiger charge is 2.30. The van der Waals surface area contributed by atoms with Gasteiger partial charge >= 0.3 is 6.03 Å². The largest absolute Gasteiger partial charge is 0.472 e. The molecule has 1 unspecified atom stereocenters. The number of morpholine rings is 1. The molecular formula is C18H26N4O4. The van der Waals surface area contributed by atoms with Crippen LogP contribution in [0.5, 0.6) is 5.88 Å². The first-order valence-corrected chi connectivity index (χ1v) is 9.08. The van der Waals surface area contributed by atoms with E-state index in [4.69, 9.17) is 9.47 Å². The summed E-state index contributed by atoms with van der Waals surface area (Å²) in [6.07, 6.45) is 2.16. The maximum absolute atomic E-state index is 12.8. The van der Waals surface area contributed by atoms with Gasteiger partial charge in [-0.1, -0.05) is 0 Å². The minimum absolute atomic E-state index is 0.0864. The molecule has 2 aliphatic rings. The molecule has 0 bridgehead atoms. The van der Waals surface area contributed by atoms with Crippen LogP contribution in [0.4, 0.5) is 4.79 Å². The Labute approximate surface area is 153 Å². The van der Waals surface area contributed by atoms with E-state index in [9.17, 15) is 9.59 Å². The molecule has 0 spiro atoms. The third kappa shape index (κ3) is 4.43. The molecule has 3 amide bonds. The van der Waals surface area contributed by atoms with E-state index < -0.39 is 0 Å². The van der Waals surface area contributed by atoms with E-state index in [1.54, 1.807) is 28.1 Å². The zero-order chi connectivity index (χ0) is 18.5. The molecule has 1 aromatic heterocycles. The van der Waals surface area contributed by atoms with Crippen LogP contribution in [-0.2, 0) is 4.74 Å². The van der Waals surface area contributed by atoms with Gasteiger partial charge in [0.2, 0.25) is 5.88 Å². The summed E-state index contributed by atoms with van der Waals surface area (Å²) < 4.78 is 11.3. The number of urea groups is 1. The van der Waals surface area contributed by atoms with Crippen molar-refractivity contribution in [3.8, 4) is 5.88 Å². The van der Waals surface area contributed by atoms with Gasteiger partial charge in [0.15, 0.2) is 0 Å². The molecule has 3 heterocycles. The average molecular weight is 362 g/mol. The molecule has 1 atom stereocenters. The number of nitrogens with zero attached hydrogens (tertiary/aromatic N) is 3. The number of nitrogens with one attached hydrogen (secondary N) is 1. The standard InChI is InChI=1S/C18H26N4O4/c1-13(2)20-18(24)22-7-5-14(12-22)26-16-15(4-3-6-19-16)17(23)21-8-10-25-11-9-21/h3-4,6,13-14H,5,7-12H2,1-2H3,(H,20,24). The van der Waals surface area contributed by atoms with Gasteiger partial charge < -0.3 is 24.6 Å². The molecule has 26 heavy (non-hydrogen) atoms. The lowest BCUT2D eigenvalue weighted by Crippen LogP contribution is -2.42. The van der Waals surface area contributed by atoms with Crippen LogP contribution in [0.1, 0.15) is 30.6 Å². The lowest BCUT2D eigenvalue weighted by Gasteiger charge is -2.27. The van der Waals surface area contributed by atoms with E-state index in [1.165, 1.54) is 0 Å². The van der Waals surface area contributed by atoms with Crippen molar-refractivity contribution in [2.75, 3.05) is 39.4 Å². The first-order chi connectivity index (χ1) is 12.5. The van der Waals surface area contributed by atoms with E-state index >= 15 is 0 Å². The van der Waals surface area contributed by atoms with Gasteiger partial charge in [0, 0.05) is 38.3 Å². The molecule has 0 aliphatic carbocycles. The van der Waals surface area contributed by atoms with Crippen molar-refractivity contribution in [2.24, 2.45) is 0 Å². The van der Waals surface area contributed by atoms with Gasteiger partial charge in [-0.15, -0.1) is 0 Å². The summed E-state index contributed by atoms with van der Waals surface area (Å²) in [5, 5.41) is 2.88. The number of hydrogen-bond donors (Lipinski definition) is 1. The number of carbonyl (C=O) groups excluding carboxylic acids is 2. The van der Waals surface area contributed by atoms with Crippen molar-refractivity contribution in [3.05, 3.63) is 23.9 Å². The lowest BCUT2D eigenvalue weighted by molar-refractivity contribution is 0.0298. The van der Waals surface area contributed by atoms with Crippen LogP contribution in [0.3, 0.4) is 0 Å². The van der Waals surface area contributed by atoms with Crippen LogP contribution in [0.25, 0.3) is 0 Å². The van der Waals surface area contributed by atoms with Gasteiger partial charge in [0.25, 0.3) is 5.91 Å². The Bertz CT molecular complexity index is 646. The lowest BCUT2D eigenvalue weighted by atomic mass is 10.2. The zero-order valence-electron chi connectivity index (χ0n) is 15.3. The molecule has 142 valence electrons. The Morgan fingerprint density at radius 3 is 2.77 bits per heavy atom. The highest BCUT2D eigenvalue weighted by molar-refractivity contribution is 5.96. The van der Waals surface area contributed by atoms with Crippen LogP contribution in [-0.4, -0.2) is 78.3 Å². The fourth-order valence-electron chi connectivity index (χ4n) is 3.09. The van der Waals surface area contributed by atoms with Crippen molar-refractivity contribution in [1.82, 2.24) is 20.1 Å². The number of ether oxygens (including phenoxy) is 2.